The molecule has 2 aliphatic rings. The van der Waals surface area contributed by atoms with Gasteiger partial charge in [-0.25, -0.2) is 9.37 Å². The van der Waals surface area contributed by atoms with Crippen LogP contribution in [0.15, 0.2) is 27.5 Å². The van der Waals surface area contributed by atoms with Crippen molar-refractivity contribution in [2.24, 2.45) is 0 Å². The van der Waals surface area contributed by atoms with E-state index in [1.54, 1.807) is 0 Å². The first-order valence-corrected chi connectivity index (χ1v) is 9.79. The Hall–Kier alpha value is -2.58. The number of hydrogen-bond donors (Lipinski definition) is 1. The zero-order valence-electron chi connectivity index (χ0n) is 27.6. The number of fused-ring (bicyclic) bond motifs is 2. The Balaban J connectivity index is 1.51. The van der Waals surface area contributed by atoms with E-state index in [1.165, 1.54) is 23.1 Å². The number of nitrogens with zero attached hydrogens (tertiary/aromatic N) is 4. The molecule has 7 nitrogen and oxygen atoms in total. The maximum Gasteiger partial charge on any atom is 0.257 e. The molecule has 0 saturated carbocycles. The second-order valence-corrected chi connectivity index (χ2v) is 7.45. The van der Waals surface area contributed by atoms with Crippen molar-refractivity contribution < 1.29 is 29.1 Å². The van der Waals surface area contributed by atoms with Gasteiger partial charge in [0.05, 0.1) is 7.06 Å². The third-order valence-electron chi connectivity index (χ3n) is 5.51. The van der Waals surface area contributed by atoms with Crippen LogP contribution in [0.1, 0.15) is 75.4 Å². The van der Waals surface area contributed by atoms with Crippen LogP contribution in [-0.2, 0) is 12.9 Å². The Morgan fingerprint density at radius 1 is 1.42 bits per heavy atom. The van der Waals surface area contributed by atoms with Crippen LogP contribution < -0.4 is 5.56 Å². The van der Waals surface area contributed by atoms with E-state index in [1.807, 2.05) is 0 Å². The molecule has 0 aliphatic carbocycles. The van der Waals surface area contributed by atoms with Gasteiger partial charge in [0.25, 0.3) is 5.56 Å². The van der Waals surface area contributed by atoms with Gasteiger partial charge in [-0.1, -0.05) is 5.16 Å². The highest BCUT2D eigenvalue weighted by Gasteiger charge is 2.26. The van der Waals surface area contributed by atoms with Crippen molar-refractivity contribution >= 4 is 11.0 Å². The summed E-state index contributed by atoms with van der Waals surface area (Å²) >= 11 is 0. The van der Waals surface area contributed by atoms with Gasteiger partial charge in [-0.15, -0.1) is 0 Å². The monoisotopic (exact) mass is 437 g/mol. The summed E-state index contributed by atoms with van der Waals surface area (Å²) in [4.78, 5) is 18.7. The predicted octanol–water partition coefficient (Wildman–Crippen LogP) is 3.08. The molecule has 31 heavy (non-hydrogen) atoms. The first kappa shape index (κ1) is 11.3. The van der Waals surface area contributed by atoms with E-state index in [-0.39, 0.29) is 29.2 Å². The zero-order chi connectivity index (χ0) is 31.4. The maximum absolute atomic E-state index is 13.7. The number of rotatable bonds is 4. The lowest BCUT2D eigenvalue weighted by Crippen LogP contribution is -2.37. The normalized spacial score (nSPS) is 33.7. The van der Waals surface area contributed by atoms with Crippen LogP contribution in [0.25, 0.3) is 11.0 Å². The molecule has 3 aromatic rings. The predicted molar refractivity (Wildman–Crippen MR) is 114 cm³/mol. The molecule has 1 saturated heterocycles. The van der Waals surface area contributed by atoms with E-state index in [4.69, 9.17) is 19.6 Å². The van der Waals surface area contributed by atoms with Gasteiger partial charge in [-0.2, -0.15) is 0 Å². The van der Waals surface area contributed by atoms with Crippen LogP contribution in [0.2, 0.25) is 0 Å². The summed E-state index contributed by atoms with van der Waals surface area (Å²) in [7, 11) is 0. The van der Waals surface area contributed by atoms with Gasteiger partial charge in [0.15, 0.2) is 5.58 Å². The molecule has 0 spiro atoms. The molecule has 1 N–H and O–H groups in total. The molecule has 0 radical (unpaired) electrons. The van der Waals surface area contributed by atoms with Gasteiger partial charge in [-0.3, -0.25) is 9.36 Å². The number of benzene rings is 1. The van der Waals surface area contributed by atoms with Gasteiger partial charge < -0.3 is 14.5 Å². The van der Waals surface area contributed by atoms with Gasteiger partial charge in [-0.05, 0) is 64.1 Å². The summed E-state index contributed by atoms with van der Waals surface area (Å²) in [5.74, 6) is -1.88. The van der Waals surface area contributed by atoms with Crippen molar-refractivity contribution in [3.63, 3.8) is 0 Å². The number of hydrogen-bond acceptors (Lipinski definition) is 6. The minimum absolute atomic E-state index is 0.00152. The number of likely N-dealkylation sites (tertiary alicyclic amines) is 1. The standard InChI is InChI=1S/C23H27FN4O3/c1-14-17(23(30)28-9-2-3-19(29)22(28)25-14)8-12-27-10-6-15(7-11-27)21-18-5-4-16(24)13-20(18)31-26-21/h4-5,13,15,19,29H,2-3,6-12H2,1H3/i2D2,3D2,8D2,9D2,12D2,19D. The van der Waals surface area contributed by atoms with Crippen LogP contribution >= 0.6 is 0 Å². The number of aromatic nitrogens is 3. The molecule has 8 heteroatoms. The largest absolute Gasteiger partial charge is 0.385 e. The van der Waals surface area contributed by atoms with E-state index < -0.39 is 66.7 Å². The second kappa shape index (κ2) is 8.16. The van der Waals surface area contributed by atoms with Crippen LogP contribution in [0.5, 0.6) is 0 Å². The van der Waals surface area contributed by atoms with Crippen molar-refractivity contribution in [1.29, 1.82) is 0 Å². The molecule has 0 bridgehead atoms. The summed E-state index contributed by atoms with van der Waals surface area (Å²) in [6.45, 7) is -5.35. The first-order valence-electron chi connectivity index (χ1n) is 15.3. The third-order valence-corrected chi connectivity index (χ3v) is 5.51. The number of aryl methyl sites for hydroxylation is 1. The average Bonchev–Trinajstić information content (AvgIpc) is 3.30. The van der Waals surface area contributed by atoms with Crippen LogP contribution in [0.4, 0.5) is 4.39 Å². The fourth-order valence-electron chi connectivity index (χ4n) is 3.86. The molecule has 4 heterocycles. The Bertz CT molecular complexity index is 1630. The Labute approximate surface area is 194 Å². The average molecular weight is 438 g/mol. The van der Waals surface area contributed by atoms with Crippen LogP contribution in [0.3, 0.4) is 0 Å². The summed E-state index contributed by atoms with van der Waals surface area (Å²) in [5, 5.41) is 15.3. The quantitative estimate of drug-likeness (QED) is 0.675. The third kappa shape index (κ3) is 3.78. The van der Waals surface area contributed by atoms with Crippen molar-refractivity contribution in [3.8, 4) is 0 Å². The Morgan fingerprint density at radius 3 is 3.03 bits per heavy atom. The highest BCUT2D eigenvalue weighted by molar-refractivity contribution is 5.79. The summed E-state index contributed by atoms with van der Waals surface area (Å²) in [6, 6.07) is 4.00. The molecule has 2 aromatic heterocycles. The van der Waals surface area contributed by atoms with Gasteiger partial charge in [0, 0.05) is 55.3 Å². The fraction of sp³-hybridized carbons (Fsp3) is 0.522. The topological polar surface area (TPSA) is 84.4 Å². The highest BCUT2D eigenvalue weighted by Crippen LogP contribution is 2.32. The molecule has 164 valence electrons. The lowest BCUT2D eigenvalue weighted by Gasteiger charge is -2.31. The summed E-state index contributed by atoms with van der Waals surface area (Å²) in [5.41, 5.74) is -2.25. The van der Waals surface area contributed by atoms with Gasteiger partial charge >= 0.3 is 0 Å². The minimum Gasteiger partial charge on any atom is -0.385 e. The fourth-order valence-corrected chi connectivity index (χ4v) is 3.86. The highest BCUT2D eigenvalue weighted by atomic mass is 19.1. The molecular weight excluding hydrogens is 399 g/mol. The van der Waals surface area contributed by atoms with Crippen molar-refractivity contribution in [2.45, 2.75) is 57.4 Å². The Kier molecular flexibility index (Phi) is 2.98. The molecular formula is C23H27FN4O3. The lowest BCUT2D eigenvalue weighted by atomic mass is 9.91. The van der Waals surface area contributed by atoms with Gasteiger partial charge in [0.1, 0.15) is 17.7 Å². The van der Waals surface area contributed by atoms with Gasteiger partial charge in [0.2, 0.25) is 0 Å². The number of halogens is 1. The molecule has 1 unspecified atom stereocenters. The van der Waals surface area contributed by atoms with E-state index in [0.29, 0.717) is 23.9 Å². The maximum atomic E-state index is 13.7. The van der Waals surface area contributed by atoms with Crippen molar-refractivity contribution in [2.75, 3.05) is 19.6 Å². The molecule has 1 aromatic carbocycles. The molecule has 1 fully saturated rings. The zero-order valence-corrected chi connectivity index (χ0v) is 16.6. The van der Waals surface area contributed by atoms with E-state index in [2.05, 4.69) is 10.1 Å². The molecule has 0 amide bonds. The summed E-state index contributed by atoms with van der Waals surface area (Å²) in [6.07, 6.45) is -13.4. The van der Waals surface area contributed by atoms with Crippen LogP contribution in [0, 0.1) is 12.7 Å². The van der Waals surface area contributed by atoms with Crippen molar-refractivity contribution in [3.05, 3.63) is 57.1 Å². The summed E-state index contributed by atoms with van der Waals surface area (Å²) < 4.78 is 111. The molecule has 5 rings (SSSR count). The lowest BCUT2D eigenvalue weighted by molar-refractivity contribution is 0.129. The first-order chi connectivity index (χ1) is 19.1. The SMILES string of the molecule is [2H]C([2H])(c1c(C)nc2n(c1=O)C([2H])([2H])C([2H])([2H])C([2H])([2H])C2([2H])O)C([2H])([2H])N1CCC(c2noc3cc(F)ccc23)CC1. The molecule has 1 atom stereocenters. The van der Waals surface area contributed by atoms with Crippen LogP contribution in [-0.4, -0.2) is 44.3 Å². The number of piperidine rings is 1. The minimum atomic E-state index is -3.66. The Morgan fingerprint density at radius 2 is 2.23 bits per heavy atom. The van der Waals surface area contributed by atoms with Crippen molar-refractivity contribution in [1.82, 2.24) is 19.6 Å². The van der Waals surface area contributed by atoms with E-state index in [0.717, 1.165) is 6.92 Å². The smallest absolute Gasteiger partial charge is 0.257 e. The number of aliphatic hydroxyl groups is 1. The second-order valence-electron chi connectivity index (χ2n) is 7.45. The van der Waals surface area contributed by atoms with E-state index >= 15 is 0 Å². The molecule has 2 aliphatic heterocycles. The van der Waals surface area contributed by atoms with E-state index in [9.17, 15) is 14.3 Å².